The van der Waals surface area contributed by atoms with E-state index in [9.17, 15) is 23.1 Å². The van der Waals surface area contributed by atoms with E-state index in [-0.39, 0.29) is 17.1 Å². The number of phenolic OH excluding ortho intramolecular Hbond substituents is 1. The molecule has 1 N–H and O–H groups in total. The Balaban J connectivity index is 2.99. The monoisotopic (exact) mass is 295 g/mol. The van der Waals surface area contributed by atoms with E-state index in [2.05, 4.69) is 0 Å². The van der Waals surface area contributed by atoms with Crippen molar-refractivity contribution in [2.24, 2.45) is 0 Å². The number of halogens is 4. The molecule has 0 spiro atoms. The van der Waals surface area contributed by atoms with Gasteiger partial charge in [-0.1, -0.05) is 18.5 Å². The maximum absolute atomic E-state index is 12.4. The summed E-state index contributed by atoms with van der Waals surface area (Å²) in [5.41, 5.74) is -0.192. The molecule has 0 heterocycles. The van der Waals surface area contributed by atoms with Gasteiger partial charge in [-0.25, -0.2) is 0 Å². The van der Waals surface area contributed by atoms with Crippen molar-refractivity contribution in [3.63, 3.8) is 0 Å². The molecule has 1 aromatic carbocycles. The van der Waals surface area contributed by atoms with Crippen molar-refractivity contribution in [3.8, 4) is 5.75 Å². The third-order valence-electron chi connectivity index (χ3n) is 2.34. The topological polar surface area (TPSA) is 40.5 Å². The second-order valence-electron chi connectivity index (χ2n) is 4.00. The predicted molar refractivity (Wildman–Crippen MR) is 65.4 cm³/mol. The van der Waals surface area contributed by atoms with Crippen molar-refractivity contribution in [2.75, 3.05) is 13.1 Å². The van der Waals surface area contributed by atoms with Crippen LogP contribution in [0.4, 0.5) is 13.2 Å². The maximum Gasteiger partial charge on any atom is 0.406 e. The summed E-state index contributed by atoms with van der Waals surface area (Å²) >= 11 is 5.60. The van der Waals surface area contributed by atoms with Gasteiger partial charge in [0.1, 0.15) is 12.3 Å². The molecule has 3 nitrogen and oxygen atoms in total. The smallest absolute Gasteiger partial charge is 0.406 e. The number of rotatable bonds is 4. The number of amides is 1. The molecule has 0 saturated heterocycles. The number of phenols is 1. The van der Waals surface area contributed by atoms with E-state index >= 15 is 0 Å². The number of nitrogens with zero attached hydrogens (tertiary/aromatic N) is 1. The zero-order valence-electron chi connectivity index (χ0n) is 10.2. The van der Waals surface area contributed by atoms with Crippen molar-refractivity contribution in [1.82, 2.24) is 4.90 Å². The Kier molecular flexibility index (Phi) is 5.05. The predicted octanol–water partition coefficient (Wildman–Crippen LogP) is 3.46. The molecule has 19 heavy (non-hydrogen) atoms. The molecule has 0 unspecified atom stereocenters. The fourth-order valence-corrected chi connectivity index (χ4v) is 1.76. The Hall–Kier alpha value is -1.43. The van der Waals surface area contributed by atoms with E-state index in [0.717, 1.165) is 6.07 Å². The molecule has 0 atom stereocenters. The molecular formula is C12H13ClF3NO2. The highest BCUT2D eigenvalue weighted by Crippen LogP contribution is 2.25. The third-order valence-corrected chi connectivity index (χ3v) is 2.58. The van der Waals surface area contributed by atoms with E-state index in [0.29, 0.717) is 11.3 Å². The first-order chi connectivity index (χ1) is 8.74. The van der Waals surface area contributed by atoms with Gasteiger partial charge in [0.15, 0.2) is 0 Å². The summed E-state index contributed by atoms with van der Waals surface area (Å²) < 4.78 is 37.2. The molecule has 1 amide bonds. The first-order valence-electron chi connectivity index (χ1n) is 5.59. The second kappa shape index (κ2) is 6.14. The third kappa shape index (κ3) is 4.63. The minimum Gasteiger partial charge on any atom is -0.507 e. The lowest BCUT2D eigenvalue weighted by atomic mass is 10.1. The molecule has 0 aliphatic heterocycles. The Morgan fingerprint density at radius 2 is 2.05 bits per heavy atom. The summed E-state index contributed by atoms with van der Waals surface area (Å²) in [4.78, 5) is 12.6. The molecule has 0 radical (unpaired) electrons. The van der Waals surface area contributed by atoms with Gasteiger partial charge >= 0.3 is 6.18 Å². The van der Waals surface area contributed by atoms with Gasteiger partial charge in [-0.3, -0.25) is 4.79 Å². The van der Waals surface area contributed by atoms with Crippen molar-refractivity contribution in [2.45, 2.75) is 19.5 Å². The van der Waals surface area contributed by atoms with Gasteiger partial charge in [0, 0.05) is 11.6 Å². The molecule has 0 aliphatic rings. The van der Waals surface area contributed by atoms with Crippen molar-refractivity contribution in [1.29, 1.82) is 0 Å². The van der Waals surface area contributed by atoms with Crippen LogP contribution in [-0.4, -0.2) is 35.2 Å². The van der Waals surface area contributed by atoms with Crippen LogP contribution in [0.2, 0.25) is 5.02 Å². The zero-order chi connectivity index (χ0) is 14.6. The van der Waals surface area contributed by atoms with E-state index < -0.39 is 24.4 Å². The van der Waals surface area contributed by atoms with Crippen LogP contribution in [0.15, 0.2) is 18.2 Å². The number of benzene rings is 1. The highest BCUT2D eigenvalue weighted by molar-refractivity contribution is 6.30. The average Bonchev–Trinajstić information content (AvgIpc) is 2.26. The standard InChI is InChI=1S/C12H13ClF3NO2/c1-2-5-17(7-12(14,15)16)11(19)9-4-3-8(13)6-10(9)18/h3-4,6,18H,2,5,7H2,1H3. The average molecular weight is 296 g/mol. The summed E-state index contributed by atoms with van der Waals surface area (Å²) in [5.74, 6) is -1.30. The fraction of sp³-hybridized carbons (Fsp3) is 0.417. The second-order valence-corrected chi connectivity index (χ2v) is 4.44. The zero-order valence-corrected chi connectivity index (χ0v) is 10.9. The molecule has 0 aliphatic carbocycles. The summed E-state index contributed by atoms with van der Waals surface area (Å²) in [6, 6.07) is 3.66. The van der Waals surface area contributed by atoms with Crippen LogP contribution in [-0.2, 0) is 0 Å². The molecule has 106 valence electrons. The van der Waals surface area contributed by atoms with Crippen LogP contribution in [0, 0.1) is 0 Å². The SMILES string of the molecule is CCCN(CC(F)(F)F)C(=O)c1ccc(Cl)cc1O. The number of aromatic hydroxyl groups is 1. The van der Waals surface area contributed by atoms with Gasteiger partial charge < -0.3 is 10.0 Å². The molecule has 1 aromatic rings. The number of hydrogen-bond acceptors (Lipinski definition) is 2. The van der Waals surface area contributed by atoms with Crippen molar-refractivity contribution in [3.05, 3.63) is 28.8 Å². The van der Waals surface area contributed by atoms with E-state index in [1.165, 1.54) is 12.1 Å². The Morgan fingerprint density at radius 3 is 2.53 bits per heavy atom. The van der Waals surface area contributed by atoms with E-state index in [4.69, 9.17) is 11.6 Å². The minimum absolute atomic E-state index is 0.0413. The Bertz CT molecular complexity index is 463. The van der Waals surface area contributed by atoms with Gasteiger partial charge in [0.25, 0.3) is 5.91 Å². The lowest BCUT2D eigenvalue weighted by Crippen LogP contribution is -2.39. The molecule has 0 fully saturated rings. The van der Waals surface area contributed by atoms with Gasteiger partial charge in [-0.2, -0.15) is 13.2 Å². The molecule has 0 aromatic heterocycles. The summed E-state index contributed by atoms with van der Waals surface area (Å²) in [7, 11) is 0. The van der Waals surface area contributed by atoms with Gasteiger partial charge in [0.2, 0.25) is 0 Å². The summed E-state index contributed by atoms with van der Waals surface area (Å²) in [6.07, 6.45) is -4.09. The fourth-order valence-electron chi connectivity index (χ4n) is 1.59. The van der Waals surface area contributed by atoms with Crippen LogP contribution >= 0.6 is 11.6 Å². The Morgan fingerprint density at radius 1 is 1.42 bits per heavy atom. The van der Waals surface area contributed by atoms with Crippen LogP contribution in [0.25, 0.3) is 0 Å². The van der Waals surface area contributed by atoms with Gasteiger partial charge in [-0.15, -0.1) is 0 Å². The number of carbonyl (C=O) groups excluding carboxylic acids is 1. The first-order valence-corrected chi connectivity index (χ1v) is 5.97. The lowest BCUT2D eigenvalue weighted by molar-refractivity contribution is -0.140. The largest absolute Gasteiger partial charge is 0.507 e. The van der Waals surface area contributed by atoms with Gasteiger partial charge in [0.05, 0.1) is 5.56 Å². The van der Waals surface area contributed by atoms with E-state index in [1.54, 1.807) is 6.92 Å². The summed E-state index contributed by atoms with van der Waals surface area (Å²) in [5, 5.41) is 9.76. The molecule has 0 bridgehead atoms. The van der Waals surface area contributed by atoms with Crippen LogP contribution in [0.3, 0.4) is 0 Å². The molecule has 7 heteroatoms. The highest BCUT2D eigenvalue weighted by atomic mass is 35.5. The maximum atomic E-state index is 12.4. The van der Waals surface area contributed by atoms with Crippen LogP contribution < -0.4 is 0 Å². The Labute approximate surface area is 113 Å². The molecule has 1 rings (SSSR count). The molecular weight excluding hydrogens is 283 g/mol. The lowest BCUT2D eigenvalue weighted by Gasteiger charge is -2.23. The van der Waals surface area contributed by atoms with Crippen LogP contribution in [0.5, 0.6) is 5.75 Å². The van der Waals surface area contributed by atoms with Crippen molar-refractivity contribution < 1.29 is 23.1 Å². The summed E-state index contributed by atoms with van der Waals surface area (Å²) in [6.45, 7) is 0.278. The van der Waals surface area contributed by atoms with Crippen molar-refractivity contribution >= 4 is 17.5 Å². The number of hydrogen-bond donors (Lipinski definition) is 1. The van der Waals surface area contributed by atoms with Gasteiger partial charge in [-0.05, 0) is 24.6 Å². The quantitative estimate of drug-likeness (QED) is 0.924. The highest BCUT2D eigenvalue weighted by Gasteiger charge is 2.33. The first kappa shape index (κ1) is 15.6. The number of carbonyl (C=O) groups is 1. The minimum atomic E-state index is -4.48. The normalized spacial score (nSPS) is 11.4. The number of alkyl halides is 3. The molecule has 0 saturated carbocycles. The van der Waals surface area contributed by atoms with Crippen LogP contribution in [0.1, 0.15) is 23.7 Å². The van der Waals surface area contributed by atoms with E-state index in [1.807, 2.05) is 0 Å².